The van der Waals surface area contributed by atoms with Gasteiger partial charge in [0.2, 0.25) is 5.91 Å². The van der Waals surface area contributed by atoms with Gasteiger partial charge in [-0.15, -0.1) is 0 Å². The van der Waals surface area contributed by atoms with E-state index in [2.05, 4.69) is 67.8 Å². The van der Waals surface area contributed by atoms with Crippen molar-refractivity contribution in [1.82, 2.24) is 5.32 Å². The first-order valence-corrected chi connectivity index (χ1v) is 36.8. The number of aliphatic hydroxyl groups is 2. The predicted octanol–water partition coefficient (Wildman–Crippen LogP) is 25.3. The Balaban J connectivity index is 3.37. The van der Waals surface area contributed by atoms with Crippen molar-refractivity contribution in [3.63, 3.8) is 0 Å². The van der Waals surface area contributed by atoms with Crippen molar-refractivity contribution in [2.45, 2.75) is 424 Å². The molecule has 0 heterocycles. The van der Waals surface area contributed by atoms with Gasteiger partial charge in [0.15, 0.2) is 0 Å². The summed E-state index contributed by atoms with van der Waals surface area (Å²) in [7, 11) is 0. The molecule has 0 bridgehead atoms. The summed E-state index contributed by atoms with van der Waals surface area (Å²) >= 11 is 0. The van der Waals surface area contributed by atoms with Crippen molar-refractivity contribution in [1.29, 1.82) is 0 Å². The minimum Gasteiger partial charge on any atom is -0.394 e. The Morgan fingerprint density at radius 1 is 0.312 bits per heavy atom. The second-order valence-corrected chi connectivity index (χ2v) is 25.3. The summed E-state index contributed by atoms with van der Waals surface area (Å²) in [6.07, 6.45) is 101. The Morgan fingerprint density at radius 2 is 0.550 bits per heavy atom. The smallest absolute Gasteiger partial charge is 0.220 e. The Kier molecular flexibility index (Phi) is 70.1. The zero-order chi connectivity index (χ0) is 57.6. The van der Waals surface area contributed by atoms with Crippen molar-refractivity contribution in [3.05, 3.63) is 48.6 Å². The second-order valence-electron chi connectivity index (χ2n) is 25.3. The minimum atomic E-state index is -0.660. The molecule has 4 nitrogen and oxygen atoms in total. The SMILES string of the molecule is CC/C=C\C/C=C\C/C=C\C/C=C\CCCCCCCCCCCCCCCCCCCCCCCCCCC(=O)NC(CO)C(O)CCCCCCCCCCCCCCCCCCCCCCCCCCCCCCCCC. The van der Waals surface area contributed by atoms with Gasteiger partial charge in [0.05, 0.1) is 18.8 Å². The number of amides is 1. The summed E-state index contributed by atoms with van der Waals surface area (Å²) in [6.45, 7) is 4.29. The fourth-order valence-corrected chi connectivity index (χ4v) is 11.8. The molecule has 0 aromatic carbocycles. The third kappa shape index (κ3) is 67.1. The number of hydrogen-bond acceptors (Lipinski definition) is 3. The number of aliphatic hydroxyl groups excluding tert-OH is 2. The highest BCUT2D eigenvalue weighted by atomic mass is 16.3. The number of rotatable bonds is 69. The number of nitrogens with one attached hydrogen (secondary N) is 1. The lowest BCUT2D eigenvalue weighted by Gasteiger charge is -2.22. The maximum Gasteiger partial charge on any atom is 0.220 e. The Bertz CT molecular complexity index is 1270. The summed E-state index contributed by atoms with van der Waals surface area (Å²) < 4.78 is 0. The summed E-state index contributed by atoms with van der Waals surface area (Å²) in [4.78, 5) is 12.6. The zero-order valence-corrected chi connectivity index (χ0v) is 54.6. The molecule has 2 unspecified atom stereocenters. The van der Waals surface area contributed by atoms with Crippen molar-refractivity contribution in [2.24, 2.45) is 0 Å². The van der Waals surface area contributed by atoms with Crippen LogP contribution in [-0.2, 0) is 4.79 Å². The molecule has 0 saturated carbocycles. The average molecular weight is 1120 g/mol. The number of carbonyl (C=O) groups is 1. The van der Waals surface area contributed by atoms with Gasteiger partial charge in [-0.25, -0.2) is 0 Å². The molecule has 3 N–H and O–H groups in total. The highest BCUT2D eigenvalue weighted by Gasteiger charge is 2.20. The second kappa shape index (κ2) is 71.6. The lowest BCUT2D eigenvalue weighted by molar-refractivity contribution is -0.123. The maximum absolute atomic E-state index is 12.6. The van der Waals surface area contributed by atoms with E-state index in [0.717, 1.165) is 51.4 Å². The van der Waals surface area contributed by atoms with Gasteiger partial charge >= 0.3 is 0 Å². The fraction of sp³-hybridized carbons (Fsp3) is 0.882. The summed E-state index contributed by atoms with van der Waals surface area (Å²) in [6, 6.07) is -0.537. The summed E-state index contributed by atoms with van der Waals surface area (Å²) in [5.74, 6) is -0.0220. The van der Waals surface area contributed by atoms with E-state index in [1.807, 2.05) is 0 Å². The molecular formula is C76H145NO3. The van der Waals surface area contributed by atoms with E-state index in [1.165, 1.54) is 334 Å². The lowest BCUT2D eigenvalue weighted by Crippen LogP contribution is -2.45. The van der Waals surface area contributed by atoms with Crippen LogP contribution in [-0.4, -0.2) is 34.9 Å². The van der Waals surface area contributed by atoms with Crippen molar-refractivity contribution >= 4 is 5.91 Å². The van der Waals surface area contributed by atoms with Crippen LogP contribution in [0.3, 0.4) is 0 Å². The van der Waals surface area contributed by atoms with Gasteiger partial charge in [-0.3, -0.25) is 4.79 Å². The average Bonchev–Trinajstić information content (AvgIpc) is 3.46. The molecule has 0 aromatic heterocycles. The minimum absolute atomic E-state index is 0.0220. The number of unbranched alkanes of at least 4 members (excludes halogenated alkanes) is 54. The zero-order valence-electron chi connectivity index (χ0n) is 54.6. The standard InChI is InChI=1S/C76H145NO3/c1-3-5-7-9-11-13-15-17-19-21-23-25-27-29-31-33-35-36-37-38-39-40-42-44-46-48-50-52-54-56-58-60-62-64-66-68-70-72-76(80)77-74(73-78)75(79)71-69-67-65-63-61-59-57-55-53-51-49-47-45-43-41-34-32-30-28-26-24-22-20-18-16-14-12-10-8-6-4-2/h5,7,11,13,17,19,23,25,74-75,78-79H,3-4,6,8-10,12,14-16,18,20-22,24,26-73H2,1-2H3,(H,77,80)/b7-5-,13-11-,19-17-,25-23-. The normalized spacial score (nSPS) is 12.9. The molecule has 0 aliphatic carbocycles. The van der Waals surface area contributed by atoms with Crippen molar-refractivity contribution in [2.75, 3.05) is 6.61 Å². The van der Waals surface area contributed by atoms with E-state index in [1.54, 1.807) is 0 Å². The topological polar surface area (TPSA) is 69.6 Å². The number of carbonyl (C=O) groups excluding carboxylic acids is 1. The Hall–Kier alpha value is -1.65. The van der Waals surface area contributed by atoms with Gasteiger partial charge in [0.25, 0.3) is 0 Å². The van der Waals surface area contributed by atoms with Gasteiger partial charge in [0.1, 0.15) is 0 Å². The lowest BCUT2D eigenvalue weighted by atomic mass is 10.0. The molecule has 0 rings (SSSR count). The van der Waals surface area contributed by atoms with Gasteiger partial charge in [-0.2, -0.15) is 0 Å². The Labute approximate surface area is 503 Å². The van der Waals surface area contributed by atoms with Gasteiger partial charge < -0.3 is 15.5 Å². The van der Waals surface area contributed by atoms with Crippen LogP contribution in [0.15, 0.2) is 48.6 Å². The van der Waals surface area contributed by atoms with Crippen LogP contribution in [0.4, 0.5) is 0 Å². The quantitative estimate of drug-likeness (QED) is 0.0420. The largest absolute Gasteiger partial charge is 0.394 e. The molecule has 0 spiro atoms. The van der Waals surface area contributed by atoms with E-state index in [4.69, 9.17) is 0 Å². The molecule has 472 valence electrons. The van der Waals surface area contributed by atoms with E-state index in [9.17, 15) is 15.0 Å². The number of allylic oxidation sites excluding steroid dienone is 8. The molecule has 2 atom stereocenters. The van der Waals surface area contributed by atoms with Crippen molar-refractivity contribution < 1.29 is 15.0 Å². The molecule has 0 aliphatic rings. The Morgan fingerprint density at radius 3 is 0.825 bits per heavy atom. The highest BCUT2D eigenvalue weighted by Crippen LogP contribution is 2.20. The van der Waals surface area contributed by atoms with Crippen LogP contribution in [0.2, 0.25) is 0 Å². The first kappa shape index (κ1) is 78.4. The van der Waals surface area contributed by atoms with Gasteiger partial charge in [-0.05, 0) is 51.4 Å². The van der Waals surface area contributed by atoms with Gasteiger partial charge in [0, 0.05) is 6.42 Å². The van der Waals surface area contributed by atoms with Crippen LogP contribution in [0.5, 0.6) is 0 Å². The van der Waals surface area contributed by atoms with E-state index in [0.29, 0.717) is 12.8 Å². The fourth-order valence-electron chi connectivity index (χ4n) is 11.8. The third-order valence-electron chi connectivity index (χ3n) is 17.4. The van der Waals surface area contributed by atoms with E-state index < -0.39 is 12.1 Å². The molecule has 0 aromatic rings. The third-order valence-corrected chi connectivity index (χ3v) is 17.4. The van der Waals surface area contributed by atoms with E-state index >= 15 is 0 Å². The number of hydrogen-bond donors (Lipinski definition) is 3. The van der Waals surface area contributed by atoms with E-state index in [-0.39, 0.29) is 12.5 Å². The predicted molar refractivity (Wildman–Crippen MR) is 359 cm³/mol. The van der Waals surface area contributed by atoms with Crippen molar-refractivity contribution in [3.8, 4) is 0 Å². The van der Waals surface area contributed by atoms with Crippen LogP contribution >= 0.6 is 0 Å². The summed E-state index contributed by atoms with van der Waals surface area (Å²) in [5.41, 5.74) is 0. The highest BCUT2D eigenvalue weighted by molar-refractivity contribution is 5.76. The van der Waals surface area contributed by atoms with Crippen LogP contribution in [0, 0.1) is 0 Å². The van der Waals surface area contributed by atoms with Crippen LogP contribution in [0.25, 0.3) is 0 Å². The summed E-state index contributed by atoms with van der Waals surface area (Å²) in [5, 5.41) is 23.5. The van der Waals surface area contributed by atoms with Crippen LogP contribution < -0.4 is 5.32 Å². The maximum atomic E-state index is 12.6. The van der Waals surface area contributed by atoms with Crippen LogP contribution in [0.1, 0.15) is 412 Å². The molecule has 1 amide bonds. The van der Waals surface area contributed by atoms with Gasteiger partial charge in [-0.1, -0.05) is 403 Å². The molecule has 0 radical (unpaired) electrons. The molecular weight excluding hydrogens is 975 g/mol. The molecule has 4 heteroatoms. The molecule has 80 heavy (non-hydrogen) atoms. The first-order chi connectivity index (χ1) is 39.7. The monoisotopic (exact) mass is 1120 g/mol. The molecule has 0 fully saturated rings. The molecule has 0 saturated heterocycles. The molecule has 0 aliphatic heterocycles. The first-order valence-electron chi connectivity index (χ1n) is 36.8.